The number of hydrazine groups is 1. The van der Waals surface area contributed by atoms with Crippen LogP contribution in [0.5, 0.6) is 5.75 Å². The molecule has 2 rings (SSSR count). The SMILES string of the molecule is CNNC(=O)C(Cc1ccccc1)N(C)C(=O)CNC(=O)C(C)NC(=O)C(Cc1ccc(O)cc1)NC.[I][V][I]. The number of aromatic hydroxyl groups is 1. The van der Waals surface area contributed by atoms with E-state index in [1.807, 2.05) is 30.3 Å². The Morgan fingerprint density at radius 3 is 2.02 bits per heavy atom. The summed E-state index contributed by atoms with van der Waals surface area (Å²) < 4.78 is 0. The van der Waals surface area contributed by atoms with E-state index in [-0.39, 0.29) is 24.1 Å². The van der Waals surface area contributed by atoms with E-state index in [1.54, 1.807) is 26.2 Å². The van der Waals surface area contributed by atoms with Crippen molar-refractivity contribution in [2.75, 3.05) is 27.7 Å². The Bertz CT molecular complexity index is 1080. The second kappa shape index (κ2) is 20.0. The first-order chi connectivity index (χ1) is 19.1. The number of nitrogens with zero attached hydrogens (tertiary/aromatic N) is 1. The number of hydrogen-bond donors (Lipinski definition) is 6. The van der Waals surface area contributed by atoms with Crippen molar-refractivity contribution in [1.82, 2.24) is 31.7 Å². The van der Waals surface area contributed by atoms with Crippen molar-refractivity contribution in [3.05, 3.63) is 65.7 Å². The number of benzene rings is 2. The Morgan fingerprint density at radius 1 is 0.900 bits per heavy atom. The van der Waals surface area contributed by atoms with E-state index in [9.17, 15) is 24.3 Å². The third-order valence-corrected chi connectivity index (χ3v) is 5.89. The van der Waals surface area contributed by atoms with Crippen molar-refractivity contribution in [2.45, 2.75) is 37.9 Å². The molecule has 40 heavy (non-hydrogen) atoms. The van der Waals surface area contributed by atoms with E-state index in [0.717, 1.165) is 11.1 Å². The van der Waals surface area contributed by atoms with E-state index in [1.165, 1.54) is 31.0 Å². The van der Waals surface area contributed by atoms with Crippen LogP contribution in [0.3, 0.4) is 0 Å². The van der Waals surface area contributed by atoms with E-state index >= 15 is 0 Å². The summed E-state index contributed by atoms with van der Waals surface area (Å²) in [7, 11) is 5.32. The molecule has 0 bridgehead atoms. The van der Waals surface area contributed by atoms with Gasteiger partial charge in [0, 0.05) is 20.5 Å². The monoisotopic (exact) mass is 817 g/mol. The number of rotatable bonds is 13. The summed E-state index contributed by atoms with van der Waals surface area (Å²) in [5.74, 6) is -1.63. The predicted molar refractivity (Wildman–Crippen MR) is 167 cm³/mol. The normalized spacial score (nSPS) is 12.4. The standard InChI is InChI=1S/C26H36N6O5.2HI.V/c1-17(30-25(36)21(27-2)14-19-10-12-20(33)13-11-19)24(35)29-16-23(34)32(4)22(26(37)31-28-3)15-18-8-6-5-7-9-18;;;/h5-13,17,21-22,27-28,33H,14-16H2,1-4H3,(H,29,35)(H,30,36)(H,31,37);2*1H;/q;;;+2/p-2. The van der Waals surface area contributed by atoms with Gasteiger partial charge in [0.05, 0.1) is 12.6 Å². The number of phenols is 1. The molecule has 3 atom stereocenters. The van der Waals surface area contributed by atoms with Crippen molar-refractivity contribution in [1.29, 1.82) is 0 Å². The first-order valence-corrected chi connectivity index (χ1v) is 21.3. The predicted octanol–water partition coefficient (Wildman–Crippen LogP) is 1.23. The Balaban J connectivity index is 0.00000254. The Kier molecular flexibility index (Phi) is 18.1. The van der Waals surface area contributed by atoms with Crippen LogP contribution in [-0.2, 0) is 41.5 Å². The van der Waals surface area contributed by atoms with Crippen LogP contribution in [0.2, 0.25) is 0 Å². The number of likely N-dealkylation sites (N-methyl/N-ethyl adjacent to an activating group) is 2. The first kappa shape index (κ1) is 36.1. The quantitative estimate of drug-likeness (QED) is 0.132. The number of phenolic OH excluding ortho intramolecular Hbond substituents is 1. The number of carbonyl (C=O) groups excluding carboxylic acids is 4. The molecule has 0 fully saturated rings. The van der Waals surface area contributed by atoms with Crippen LogP contribution in [-0.4, -0.2) is 79.4 Å². The van der Waals surface area contributed by atoms with E-state index < -0.39 is 29.9 Å². The van der Waals surface area contributed by atoms with Gasteiger partial charge in [0.25, 0.3) is 5.91 Å². The van der Waals surface area contributed by atoms with Crippen molar-refractivity contribution < 1.29 is 33.8 Å². The summed E-state index contributed by atoms with van der Waals surface area (Å²) in [5, 5.41) is 17.5. The van der Waals surface area contributed by atoms with Gasteiger partial charge in [-0.05, 0) is 43.7 Å². The zero-order valence-corrected chi connectivity index (χ0v) is 28.5. The third kappa shape index (κ3) is 13.2. The molecule has 2 aromatic rings. The molecule has 0 aliphatic rings. The average Bonchev–Trinajstić information content (AvgIpc) is 2.94. The average molecular weight is 817 g/mol. The van der Waals surface area contributed by atoms with Gasteiger partial charge in [-0.3, -0.25) is 24.6 Å². The molecule has 0 aromatic heterocycles. The molecule has 6 N–H and O–H groups in total. The minimum atomic E-state index is -0.894. The molecule has 2 aromatic carbocycles. The number of hydrogen-bond acceptors (Lipinski definition) is 7. The zero-order valence-electron chi connectivity index (χ0n) is 22.8. The van der Waals surface area contributed by atoms with Crippen molar-refractivity contribution in [3.8, 4) is 5.75 Å². The van der Waals surface area contributed by atoms with Crippen LogP contribution in [0, 0.1) is 0 Å². The second-order valence-corrected chi connectivity index (χ2v) is 20.5. The molecule has 0 saturated carbocycles. The first-order valence-electron chi connectivity index (χ1n) is 12.3. The summed E-state index contributed by atoms with van der Waals surface area (Å²) >= 11 is 4.74. The molecule has 0 aliphatic carbocycles. The summed E-state index contributed by atoms with van der Waals surface area (Å²) in [6, 6.07) is 13.5. The summed E-state index contributed by atoms with van der Waals surface area (Å²) in [6.07, 6.45) is 0.654. The number of nitrogens with one attached hydrogen (secondary N) is 5. The van der Waals surface area contributed by atoms with Gasteiger partial charge in [-0.15, -0.1) is 0 Å². The van der Waals surface area contributed by atoms with Crippen molar-refractivity contribution in [2.24, 2.45) is 0 Å². The molecule has 0 radical (unpaired) electrons. The van der Waals surface area contributed by atoms with Crippen LogP contribution in [0.1, 0.15) is 18.1 Å². The second-order valence-electron chi connectivity index (χ2n) is 8.67. The summed E-state index contributed by atoms with van der Waals surface area (Å²) in [4.78, 5) is 51.9. The Hall–Kier alpha value is -1.92. The maximum absolute atomic E-state index is 12.8. The van der Waals surface area contributed by atoms with Gasteiger partial charge in [-0.25, -0.2) is 5.43 Å². The van der Waals surface area contributed by atoms with Gasteiger partial charge in [0.1, 0.15) is 17.8 Å². The van der Waals surface area contributed by atoms with Crippen LogP contribution < -0.4 is 26.8 Å². The van der Waals surface area contributed by atoms with Gasteiger partial charge < -0.3 is 26.0 Å². The van der Waals surface area contributed by atoms with Crippen LogP contribution in [0.4, 0.5) is 0 Å². The van der Waals surface area contributed by atoms with Crippen LogP contribution in [0.15, 0.2) is 54.6 Å². The Morgan fingerprint density at radius 2 is 1.48 bits per heavy atom. The zero-order chi connectivity index (χ0) is 30.1. The van der Waals surface area contributed by atoms with Crippen molar-refractivity contribution in [3.63, 3.8) is 0 Å². The van der Waals surface area contributed by atoms with Crippen LogP contribution >= 0.6 is 40.0 Å². The van der Waals surface area contributed by atoms with Gasteiger partial charge in [-0.1, -0.05) is 42.5 Å². The van der Waals surface area contributed by atoms with E-state index in [0.29, 0.717) is 22.3 Å². The number of carbonyl (C=O) groups is 4. The molecule has 219 valence electrons. The molecule has 11 nitrogen and oxygen atoms in total. The molecule has 0 heterocycles. The Labute approximate surface area is 264 Å². The van der Waals surface area contributed by atoms with Crippen molar-refractivity contribution >= 4 is 63.6 Å². The molecule has 14 heteroatoms. The fourth-order valence-corrected chi connectivity index (χ4v) is 3.64. The van der Waals surface area contributed by atoms with Gasteiger partial charge in [0.2, 0.25) is 17.7 Å². The molecule has 3 unspecified atom stereocenters. The van der Waals surface area contributed by atoms with Crippen LogP contribution in [0.25, 0.3) is 0 Å². The van der Waals surface area contributed by atoms with E-state index in [2.05, 4.69) is 66.8 Å². The van der Waals surface area contributed by atoms with Gasteiger partial charge in [0.15, 0.2) is 0 Å². The van der Waals surface area contributed by atoms with Gasteiger partial charge in [-0.2, -0.15) is 0 Å². The molecule has 0 saturated heterocycles. The fraction of sp³-hybridized carbons (Fsp3) is 0.385. The molecule has 0 aliphatic heterocycles. The fourth-order valence-electron chi connectivity index (χ4n) is 3.64. The third-order valence-electron chi connectivity index (χ3n) is 5.89. The van der Waals surface area contributed by atoms with Gasteiger partial charge >= 0.3 is 49.4 Å². The van der Waals surface area contributed by atoms with E-state index in [4.69, 9.17) is 0 Å². The number of amides is 4. The molecular formula is C26H36I2N6O5V. The molecular weight excluding hydrogens is 781 g/mol. The minimum absolute atomic E-state index is 0.133. The maximum atomic E-state index is 12.8. The number of halogens is 2. The molecule has 0 spiro atoms. The topological polar surface area (TPSA) is 152 Å². The molecule has 4 amide bonds. The summed E-state index contributed by atoms with van der Waals surface area (Å²) in [5.41, 5.74) is 6.80. The summed E-state index contributed by atoms with van der Waals surface area (Å²) in [6.45, 7) is 1.18.